The predicted octanol–water partition coefficient (Wildman–Crippen LogP) is 5.30. The summed E-state index contributed by atoms with van der Waals surface area (Å²) in [5, 5.41) is 11.5. The summed E-state index contributed by atoms with van der Waals surface area (Å²) in [5.74, 6) is -1.77. The second kappa shape index (κ2) is 9.56. The van der Waals surface area contributed by atoms with Crippen LogP contribution in [-0.2, 0) is 9.59 Å². The molecule has 1 N–H and O–H groups in total. The molecule has 0 bridgehead atoms. The van der Waals surface area contributed by atoms with Crippen molar-refractivity contribution in [2.75, 3.05) is 38.1 Å². The van der Waals surface area contributed by atoms with Gasteiger partial charge in [0.05, 0.1) is 36.6 Å². The minimum Gasteiger partial charge on any atom is -0.507 e. The molecule has 3 aromatic rings. The maximum absolute atomic E-state index is 13.3. The van der Waals surface area contributed by atoms with E-state index in [0.717, 1.165) is 5.69 Å². The van der Waals surface area contributed by atoms with Crippen LogP contribution in [0.3, 0.4) is 0 Å². The minimum atomic E-state index is -1.04. The molecule has 1 aliphatic rings. The number of ketones is 1. The van der Waals surface area contributed by atoms with Crippen molar-refractivity contribution < 1.29 is 28.6 Å². The van der Waals surface area contributed by atoms with E-state index in [1.54, 1.807) is 24.3 Å². The van der Waals surface area contributed by atoms with E-state index in [-0.39, 0.29) is 38.4 Å². The van der Waals surface area contributed by atoms with Crippen LogP contribution in [0, 0.1) is 0 Å². The highest BCUT2D eigenvalue weighted by atomic mass is 35.5. The van der Waals surface area contributed by atoms with Crippen LogP contribution in [0.2, 0.25) is 10.0 Å². The zero-order valence-electron chi connectivity index (χ0n) is 19.3. The van der Waals surface area contributed by atoms with Gasteiger partial charge in [-0.2, -0.15) is 0 Å². The number of anilines is 2. The Morgan fingerprint density at radius 2 is 1.71 bits per heavy atom. The molecule has 1 saturated heterocycles. The van der Waals surface area contributed by atoms with Crippen molar-refractivity contribution in [3.05, 3.63) is 75.7 Å². The van der Waals surface area contributed by atoms with Crippen LogP contribution in [0.5, 0.6) is 11.5 Å². The summed E-state index contributed by atoms with van der Waals surface area (Å²) in [6.07, 6.45) is 1.42. The molecular weight excluding hydrogens is 495 g/mol. The fraction of sp³-hybridized carbons (Fsp3) is 0.200. The maximum Gasteiger partial charge on any atom is 0.300 e. The average Bonchev–Trinajstić information content (AvgIpc) is 3.45. The lowest BCUT2D eigenvalue weighted by Gasteiger charge is -2.24. The number of benzene rings is 2. The van der Waals surface area contributed by atoms with E-state index in [0.29, 0.717) is 5.69 Å². The third kappa shape index (κ3) is 4.09. The molecule has 4 rings (SSSR count). The van der Waals surface area contributed by atoms with E-state index in [1.165, 1.54) is 31.4 Å². The molecule has 10 heteroatoms. The quantitative estimate of drug-likeness (QED) is 0.270. The molecule has 1 fully saturated rings. The second-order valence-electron chi connectivity index (χ2n) is 7.88. The summed E-state index contributed by atoms with van der Waals surface area (Å²) < 4.78 is 16.2. The van der Waals surface area contributed by atoms with Crippen LogP contribution in [0.1, 0.15) is 17.4 Å². The van der Waals surface area contributed by atoms with Crippen molar-refractivity contribution in [1.29, 1.82) is 0 Å². The minimum absolute atomic E-state index is 0.00658. The lowest BCUT2D eigenvalue weighted by molar-refractivity contribution is -0.132. The highest BCUT2D eigenvalue weighted by molar-refractivity contribution is 6.51. The van der Waals surface area contributed by atoms with Crippen LogP contribution in [-0.4, -0.2) is 45.1 Å². The van der Waals surface area contributed by atoms with E-state index in [2.05, 4.69) is 0 Å². The molecular formula is C25H22Cl2N2O6. The third-order valence-electron chi connectivity index (χ3n) is 5.70. The van der Waals surface area contributed by atoms with E-state index in [9.17, 15) is 14.7 Å². The number of amides is 1. The van der Waals surface area contributed by atoms with E-state index in [4.69, 9.17) is 37.1 Å². The van der Waals surface area contributed by atoms with Crippen LogP contribution in [0.15, 0.2) is 58.7 Å². The number of carbonyl (C=O) groups excluding carboxylic acids is 2. The number of Topliss-reactive ketones (excluding diaryl/α,β-unsaturated/α-hetero) is 1. The molecule has 0 saturated carbocycles. The molecule has 0 aliphatic carbocycles. The Morgan fingerprint density at radius 1 is 1.06 bits per heavy atom. The Morgan fingerprint density at radius 3 is 2.26 bits per heavy atom. The van der Waals surface area contributed by atoms with E-state index < -0.39 is 23.5 Å². The van der Waals surface area contributed by atoms with Crippen molar-refractivity contribution in [2.24, 2.45) is 0 Å². The lowest BCUT2D eigenvalue weighted by Crippen LogP contribution is -2.29. The molecule has 0 spiro atoms. The van der Waals surface area contributed by atoms with E-state index >= 15 is 0 Å². The van der Waals surface area contributed by atoms with Crippen LogP contribution >= 0.6 is 23.2 Å². The highest BCUT2D eigenvalue weighted by Gasteiger charge is 2.48. The van der Waals surface area contributed by atoms with Crippen molar-refractivity contribution in [3.8, 4) is 11.5 Å². The Bertz CT molecular complexity index is 1320. The van der Waals surface area contributed by atoms with Gasteiger partial charge in [0.25, 0.3) is 11.7 Å². The number of aliphatic hydroxyl groups excluding tert-OH is 1. The van der Waals surface area contributed by atoms with Gasteiger partial charge in [-0.05, 0) is 42.5 Å². The summed E-state index contributed by atoms with van der Waals surface area (Å²) in [6.45, 7) is 0. The first-order chi connectivity index (χ1) is 16.7. The van der Waals surface area contributed by atoms with Gasteiger partial charge in [-0.15, -0.1) is 0 Å². The summed E-state index contributed by atoms with van der Waals surface area (Å²) in [4.78, 5) is 29.7. The van der Waals surface area contributed by atoms with Crippen LogP contribution in [0.25, 0.3) is 5.76 Å². The highest BCUT2D eigenvalue weighted by Crippen LogP contribution is 2.48. The normalized spacial score (nSPS) is 17.1. The van der Waals surface area contributed by atoms with Gasteiger partial charge in [0, 0.05) is 25.5 Å². The molecule has 8 nitrogen and oxygen atoms in total. The summed E-state index contributed by atoms with van der Waals surface area (Å²) in [5.41, 5.74) is 1.20. The van der Waals surface area contributed by atoms with Gasteiger partial charge < -0.3 is 23.9 Å². The predicted molar refractivity (Wildman–Crippen MR) is 134 cm³/mol. The maximum atomic E-state index is 13.3. The SMILES string of the molecule is COc1c(Cl)cc(/C(O)=C2/C(=O)C(=O)N(c3ccc(N(C)C)cc3)C2c2ccco2)c(OC)c1Cl. The molecule has 1 atom stereocenters. The number of hydrogen-bond acceptors (Lipinski definition) is 7. The molecule has 0 radical (unpaired) electrons. The molecule has 2 heterocycles. The molecule has 1 aliphatic heterocycles. The van der Waals surface area contributed by atoms with Gasteiger partial charge in [-0.25, -0.2) is 0 Å². The van der Waals surface area contributed by atoms with Gasteiger partial charge in [0.1, 0.15) is 22.6 Å². The smallest absolute Gasteiger partial charge is 0.300 e. The fourth-order valence-corrected chi connectivity index (χ4v) is 4.70. The first-order valence-electron chi connectivity index (χ1n) is 10.4. The monoisotopic (exact) mass is 516 g/mol. The number of nitrogens with zero attached hydrogens (tertiary/aromatic N) is 2. The summed E-state index contributed by atoms with van der Waals surface area (Å²) >= 11 is 12.7. The summed E-state index contributed by atoms with van der Waals surface area (Å²) in [6, 6.07) is 10.6. The van der Waals surface area contributed by atoms with Crippen molar-refractivity contribution in [2.45, 2.75) is 6.04 Å². The van der Waals surface area contributed by atoms with Gasteiger partial charge in [-0.3, -0.25) is 14.5 Å². The van der Waals surface area contributed by atoms with Crippen molar-refractivity contribution in [1.82, 2.24) is 0 Å². The largest absolute Gasteiger partial charge is 0.507 e. The average molecular weight is 517 g/mol. The molecule has 1 unspecified atom stereocenters. The number of rotatable bonds is 6. The molecule has 182 valence electrons. The van der Waals surface area contributed by atoms with Gasteiger partial charge in [0.15, 0.2) is 11.5 Å². The van der Waals surface area contributed by atoms with Crippen LogP contribution in [0.4, 0.5) is 11.4 Å². The van der Waals surface area contributed by atoms with Gasteiger partial charge >= 0.3 is 0 Å². The van der Waals surface area contributed by atoms with Gasteiger partial charge in [-0.1, -0.05) is 23.2 Å². The van der Waals surface area contributed by atoms with Crippen molar-refractivity contribution >= 4 is 52.0 Å². The fourth-order valence-electron chi connectivity index (χ4n) is 4.02. The standard InChI is InChI=1S/C25H22Cl2N2O6/c1-28(2)13-7-9-14(10-8-13)29-20(17-6-5-11-35-17)18(22(31)25(29)32)21(30)15-12-16(26)24(34-4)19(27)23(15)33-3/h5-12,20,30H,1-4H3/b21-18-. The topological polar surface area (TPSA) is 92.5 Å². The Kier molecular flexibility index (Phi) is 6.69. The number of halogens is 2. The molecule has 2 aromatic carbocycles. The number of ether oxygens (including phenoxy) is 2. The number of methoxy groups -OCH3 is 2. The lowest BCUT2D eigenvalue weighted by atomic mass is 9.98. The first-order valence-corrected chi connectivity index (χ1v) is 11.2. The number of carbonyl (C=O) groups is 2. The Labute approximate surface area is 211 Å². The Balaban J connectivity index is 1.95. The number of furan rings is 1. The zero-order chi connectivity index (χ0) is 25.4. The summed E-state index contributed by atoms with van der Waals surface area (Å²) in [7, 11) is 6.52. The molecule has 1 aromatic heterocycles. The van der Waals surface area contributed by atoms with E-state index in [1.807, 2.05) is 31.1 Å². The Hall–Kier alpha value is -3.62. The molecule has 35 heavy (non-hydrogen) atoms. The van der Waals surface area contributed by atoms with Gasteiger partial charge in [0.2, 0.25) is 0 Å². The van der Waals surface area contributed by atoms with Crippen LogP contribution < -0.4 is 19.3 Å². The first kappa shape index (κ1) is 24.5. The molecule has 1 amide bonds. The third-order valence-corrected chi connectivity index (χ3v) is 6.32. The number of aliphatic hydroxyl groups is 1. The number of hydrogen-bond donors (Lipinski definition) is 1. The zero-order valence-corrected chi connectivity index (χ0v) is 20.8. The van der Waals surface area contributed by atoms with Crippen molar-refractivity contribution in [3.63, 3.8) is 0 Å². The second-order valence-corrected chi connectivity index (χ2v) is 8.67.